The molecule has 1 fully saturated rings. The summed E-state index contributed by atoms with van der Waals surface area (Å²) in [7, 11) is 3.56. The van der Waals surface area contributed by atoms with E-state index in [4.69, 9.17) is 5.26 Å². The predicted octanol–water partition coefficient (Wildman–Crippen LogP) is 5.16. The Labute approximate surface area is 210 Å². The van der Waals surface area contributed by atoms with Crippen LogP contribution in [-0.4, -0.2) is 32.1 Å². The van der Waals surface area contributed by atoms with Crippen molar-refractivity contribution in [3.63, 3.8) is 0 Å². The van der Waals surface area contributed by atoms with Crippen LogP contribution in [0.15, 0.2) is 36.4 Å². The van der Waals surface area contributed by atoms with E-state index in [1.54, 1.807) is 31.1 Å². The van der Waals surface area contributed by atoms with Crippen LogP contribution in [0, 0.1) is 17.1 Å². The van der Waals surface area contributed by atoms with Crippen LogP contribution in [0.4, 0.5) is 28.9 Å². The molecule has 5 nitrogen and oxygen atoms in total. The van der Waals surface area contributed by atoms with E-state index in [1.165, 1.54) is 18.2 Å². The summed E-state index contributed by atoms with van der Waals surface area (Å²) >= 11 is 0. The maximum atomic E-state index is 14.3. The van der Waals surface area contributed by atoms with E-state index < -0.39 is 29.0 Å². The zero-order valence-corrected chi connectivity index (χ0v) is 20.8. The highest BCUT2D eigenvalue weighted by atomic mass is 32.1. The van der Waals surface area contributed by atoms with E-state index in [9.17, 15) is 22.4 Å². The van der Waals surface area contributed by atoms with Crippen LogP contribution in [0.3, 0.4) is 0 Å². The van der Waals surface area contributed by atoms with Gasteiger partial charge in [0.15, 0.2) is 0 Å². The minimum absolute atomic E-state index is 0. The molecule has 1 aliphatic carbocycles. The molecule has 11 heteroatoms. The average Bonchev–Trinajstić information content (AvgIpc) is 2.74. The van der Waals surface area contributed by atoms with Crippen molar-refractivity contribution in [1.82, 2.24) is 5.32 Å². The highest BCUT2D eigenvalue weighted by Gasteiger charge is 2.34. The molecule has 0 radical (unpaired) electrons. The fourth-order valence-electron chi connectivity index (χ4n) is 3.81. The summed E-state index contributed by atoms with van der Waals surface area (Å²) in [5, 5.41) is 14.8. The van der Waals surface area contributed by atoms with E-state index in [-0.39, 0.29) is 44.6 Å². The number of nitriles is 1. The number of alkyl halides is 3. The SMILES string of the molecule is CN(C)c1ccc(C(=O)NC2CCC(Nc3ccc(C#N)c(C(F)(F)F)c3)CC2)c(F)c1.S.S. The number of hydrogen-bond donors (Lipinski definition) is 2. The van der Waals surface area contributed by atoms with Gasteiger partial charge in [-0.3, -0.25) is 4.79 Å². The van der Waals surface area contributed by atoms with Gasteiger partial charge in [-0.2, -0.15) is 45.4 Å². The third-order valence-electron chi connectivity index (χ3n) is 5.59. The van der Waals surface area contributed by atoms with Crippen molar-refractivity contribution in [3.05, 3.63) is 58.9 Å². The first-order valence-electron chi connectivity index (χ1n) is 10.2. The third-order valence-corrected chi connectivity index (χ3v) is 5.59. The van der Waals surface area contributed by atoms with Crippen molar-refractivity contribution >= 4 is 44.3 Å². The summed E-state index contributed by atoms with van der Waals surface area (Å²) in [6.45, 7) is 0. The minimum Gasteiger partial charge on any atom is -0.382 e. The molecule has 1 saturated carbocycles. The Morgan fingerprint density at radius 1 is 1.03 bits per heavy atom. The summed E-state index contributed by atoms with van der Waals surface area (Å²) in [6.07, 6.45) is -2.11. The van der Waals surface area contributed by atoms with Crippen LogP contribution >= 0.6 is 27.0 Å². The molecular formula is C23H28F4N4OS2. The lowest BCUT2D eigenvalue weighted by atomic mass is 9.90. The number of carbonyl (C=O) groups excluding carboxylic acids is 1. The second-order valence-corrected chi connectivity index (χ2v) is 8.09. The molecular weight excluding hydrogens is 488 g/mol. The standard InChI is InChI=1S/C23H24F4N4O.2H2S/c1-31(2)18-9-10-19(21(24)12-18)22(32)30-16-7-5-15(6-8-16)29-17-4-3-14(13-28)20(11-17)23(25,26)27;;/h3-4,9-12,15-16,29H,5-8H2,1-2H3,(H,30,32);2*1H2. The molecule has 2 aromatic rings. The molecule has 34 heavy (non-hydrogen) atoms. The lowest BCUT2D eigenvalue weighted by Crippen LogP contribution is -2.40. The Morgan fingerprint density at radius 2 is 1.65 bits per heavy atom. The fraction of sp³-hybridized carbons (Fsp3) is 0.391. The molecule has 2 N–H and O–H groups in total. The van der Waals surface area contributed by atoms with Crippen LogP contribution in [0.25, 0.3) is 0 Å². The highest BCUT2D eigenvalue weighted by Crippen LogP contribution is 2.34. The van der Waals surface area contributed by atoms with Crippen molar-refractivity contribution < 1.29 is 22.4 Å². The quantitative estimate of drug-likeness (QED) is 0.539. The van der Waals surface area contributed by atoms with E-state index in [0.29, 0.717) is 37.1 Å². The Kier molecular flexibility index (Phi) is 10.6. The molecule has 0 heterocycles. The maximum Gasteiger partial charge on any atom is 0.417 e. The predicted molar refractivity (Wildman–Crippen MR) is 135 cm³/mol. The average molecular weight is 517 g/mol. The smallest absolute Gasteiger partial charge is 0.382 e. The number of carbonyl (C=O) groups is 1. The van der Waals surface area contributed by atoms with Crippen LogP contribution in [0.1, 0.15) is 47.2 Å². The summed E-state index contributed by atoms with van der Waals surface area (Å²) in [6, 6.07) is 9.37. The van der Waals surface area contributed by atoms with Gasteiger partial charge in [-0.1, -0.05) is 0 Å². The van der Waals surface area contributed by atoms with Gasteiger partial charge in [-0.05, 0) is 62.1 Å². The number of nitrogens with zero attached hydrogens (tertiary/aromatic N) is 2. The van der Waals surface area contributed by atoms with Gasteiger partial charge in [0.05, 0.1) is 22.8 Å². The number of rotatable bonds is 5. The topological polar surface area (TPSA) is 68.2 Å². The Bertz CT molecular complexity index is 1030. The van der Waals surface area contributed by atoms with E-state index >= 15 is 0 Å². The molecule has 1 amide bonds. The van der Waals surface area contributed by atoms with E-state index in [0.717, 1.165) is 12.1 Å². The van der Waals surface area contributed by atoms with E-state index in [2.05, 4.69) is 10.6 Å². The zero-order chi connectivity index (χ0) is 23.5. The number of halogens is 4. The van der Waals surface area contributed by atoms with Gasteiger partial charge in [0.25, 0.3) is 5.91 Å². The molecule has 3 rings (SSSR count). The normalized spacial score (nSPS) is 17.4. The van der Waals surface area contributed by atoms with Gasteiger partial charge < -0.3 is 15.5 Å². The number of hydrogen-bond acceptors (Lipinski definition) is 4. The first kappa shape index (κ1) is 29.5. The lowest BCUT2D eigenvalue weighted by molar-refractivity contribution is -0.137. The first-order chi connectivity index (χ1) is 15.1. The number of nitrogens with one attached hydrogen (secondary N) is 2. The van der Waals surface area contributed by atoms with Crippen molar-refractivity contribution in [1.29, 1.82) is 5.26 Å². The Hall–Kier alpha value is -2.58. The summed E-state index contributed by atoms with van der Waals surface area (Å²) in [5.41, 5.74) is -0.448. The van der Waals surface area contributed by atoms with Crippen LogP contribution in [0.5, 0.6) is 0 Å². The number of anilines is 2. The maximum absolute atomic E-state index is 14.3. The van der Waals surface area contributed by atoms with E-state index in [1.807, 2.05) is 0 Å². The van der Waals surface area contributed by atoms with Crippen LogP contribution in [0.2, 0.25) is 0 Å². The Balaban J connectivity index is 0.00000289. The highest BCUT2D eigenvalue weighted by molar-refractivity contribution is 7.59. The van der Waals surface area contributed by atoms with Crippen molar-refractivity contribution in [2.45, 2.75) is 43.9 Å². The molecule has 0 aromatic heterocycles. The van der Waals surface area contributed by atoms with Gasteiger partial charge >= 0.3 is 6.18 Å². The summed E-state index contributed by atoms with van der Waals surface area (Å²) < 4.78 is 53.7. The molecule has 0 unspecified atom stereocenters. The van der Waals surface area contributed by atoms with Gasteiger partial charge in [0.2, 0.25) is 0 Å². The molecule has 0 atom stereocenters. The van der Waals surface area contributed by atoms with Crippen molar-refractivity contribution in [2.24, 2.45) is 0 Å². The molecule has 0 spiro atoms. The molecule has 0 aliphatic heterocycles. The summed E-state index contributed by atoms with van der Waals surface area (Å²) in [4.78, 5) is 14.2. The first-order valence-corrected chi connectivity index (χ1v) is 10.2. The summed E-state index contributed by atoms with van der Waals surface area (Å²) in [5.74, 6) is -1.07. The lowest BCUT2D eigenvalue weighted by Gasteiger charge is -2.30. The number of benzene rings is 2. The molecule has 0 bridgehead atoms. The minimum atomic E-state index is -4.61. The van der Waals surface area contributed by atoms with Gasteiger partial charge in [-0.25, -0.2) is 4.39 Å². The molecule has 0 saturated heterocycles. The largest absolute Gasteiger partial charge is 0.417 e. The zero-order valence-electron chi connectivity index (χ0n) is 18.8. The van der Waals surface area contributed by atoms with Gasteiger partial charge in [0, 0.05) is 37.6 Å². The molecule has 2 aromatic carbocycles. The molecule has 1 aliphatic rings. The second-order valence-electron chi connectivity index (χ2n) is 8.09. The van der Waals surface area contributed by atoms with Gasteiger partial charge in [0.1, 0.15) is 5.82 Å². The van der Waals surface area contributed by atoms with Crippen LogP contribution in [-0.2, 0) is 6.18 Å². The van der Waals surface area contributed by atoms with Crippen molar-refractivity contribution in [2.75, 3.05) is 24.3 Å². The molecule has 186 valence electrons. The van der Waals surface area contributed by atoms with Gasteiger partial charge in [-0.15, -0.1) is 0 Å². The third kappa shape index (κ3) is 7.21. The van der Waals surface area contributed by atoms with Crippen molar-refractivity contribution in [3.8, 4) is 6.07 Å². The van der Waals surface area contributed by atoms with Crippen LogP contribution < -0.4 is 15.5 Å². The number of amides is 1. The monoisotopic (exact) mass is 516 g/mol. The Morgan fingerprint density at radius 3 is 2.18 bits per heavy atom. The fourth-order valence-corrected chi connectivity index (χ4v) is 3.81. The second kappa shape index (κ2) is 12.2.